The number of hydrogen-bond donors (Lipinski definition) is 0. The maximum absolute atomic E-state index is 13.9. The summed E-state index contributed by atoms with van der Waals surface area (Å²) in [6.45, 7) is 3.95. The lowest BCUT2D eigenvalue weighted by atomic mass is 9.95. The van der Waals surface area contributed by atoms with Gasteiger partial charge in [0.15, 0.2) is 0 Å². The van der Waals surface area contributed by atoms with Gasteiger partial charge in [0.1, 0.15) is 5.82 Å². The molecule has 8 heteroatoms. The van der Waals surface area contributed by atoms with Crippen LogP contribution in [-0.2, 0) is 11.2 Å². The molecule has 0 saturated carbocycles. The number of carbonyl (C=O) groups is 1. The number of aromatic nitrogens is 2. The van der Waals surface area contributed by atoms with E-state index in [1.807, 2.05) is 9.80 Å². The van der Waals surface area contributed by atoms with Crippen molar-refractivity contribution in [2.24, 2.45) is 5.92 Å². The second kappa shape index (κ2) is 8.04. The first kappa shape index (κ1) is 17.9. The van der Waals surface area contributed by atoms with E-state index in [1.165, 1.54) is 6.07 Å². The normalized spacial score (nSPS) is 20.7. The Balaban J connectivity index is 1.38. The van der Waals surface area contributed by atoms with Crippen LogP contribution in [0.1, 0.15) is 18.7 Å². The van der Waals surface area contributed by atoms with Crippen LogP contribution < -0.4 is 0 Å². The number of halogens is 1. The molecule has 0 bridgehead atoms. The molecule has 3 heterocycles. The third kappa shape index (κ3) is 4.10. The molecular formula is C19H23FN4O3. The van der Waals surface area contributed by atoms with Crippen LogP contribution in [0.3, 0.4) is 0 Å². The lowest BCUT2D eigenvalue weighted by Gasteiger charge is -2.37. The molecule has 2 saturated heterocycles. The Bertz CT molecular complexity index is 791. The van der Waals surface area contributed by atoms with Crippen LogP contribution >= 0.6 is 0 Å². The number of ether oxygens (including phenoxy) is 1. The highest BCUT2D eigenvalue weighted by atomic mass is 19.1. The zero-order valence-corrected chi connectivity index (χ0v) is 15.1. The first-order valence-electron chi connectivity index (χ1n) is 9.40. The van der Waals surface area contributed by atoms with Gasteiger partial charge in [-0.3, -0.25) is 0 Å². The topological polar surface area (TPSA) is 71.7 Å². The van der Waals surface area contributed by atoms with Gasteiger partial charge in [-0.2, -0.15) is 4.98 Å². The minimum Gasteiger partial charge on any atom is -0.378 e. The minimum atomic E-state index is -0.371. The zero-order valence-electron chi connectivity index (χ0n) is 15.1. The first-order valence-corrected chi connectivity index (χ1v) is 9.40. The molecule has 2 aliphatic heterocycles. The van der Waals surface area contributed by atoms with Crippen LogP contribution in [0.5, 0.6) is 0 Å². The third-order valence-electron chi connectivity index (χ3n) is 5.12. The molecule has 1 aromatic heterocycles. The lowest BCUT2D eigenvalue weighted by Crippen LogP contribution is -2.51. The molecule has 2 aliphatic rings. The third-order valence-corrected chi connectivity index (χ3v) is 5.12. The van der Waals surface area contributed by atoms with E-state index in [0.717, 1.165) is 19.4 Å². The Morgan fingerprint density at radius 2 is 2.00 bits per heavy atom. The van der Waals surface area contributed by atoms with E-state index in [-0.39, 0.29) is 23.6 Å². The van der Waals surface area contributed by atoms with E-state index in [4.69, 9.17) is 9.26 Å². The average Bonchev–Trinajstić information content (AvgIpc) is 3.17. The number of benzene rings is 1. The molecular weight excluding hydrogens is 351 g/mol. The van der Waals surface area contributed by atoms with Crippen molar-refractivity contribution in [3.63, 3.8) is 0 Å². The Hall–Kier alpha value is -2.48. The van der Waals surface area contributed by atoms with Crippen LogP contribution in [0.2, 0.25) is 0 Å². The summed E-state index contributed by atoms with van der Waals surface area (Å²) in [5.74, 6) is 0.640. The average molecular weight is 374 g/mol. The summed E-state index contributed by atoms with van der Waals surface area (Å²) in [6.07, 6.45) is 2.55. The van der Waals surface area contributed by atoms with Gasteiger partial charge in [-0.15, -0.1) is 0 Å². The van der Waals surface area contributed by atoms with E-state index >= 15 is 0 Å². The monoisotopic (exact) mass is 374 g/mol. The van der Waals surface area contributed by atoms with Crippen LogP contribution in [0.15, 0.2) is 28.8 Å². The predicted molar refractivity (Wildman–Crippen MR) is 95.5 cm³/mol. The van der Waals surface area contributed by atoms with Crippen LogP contribution in [0.25, 0.3) is 11.4 Å². The maximum Gasteiger partial charge on any atom is 0.320 e. The predicted octanol–water partition coefficient (Wildman–Crippen LogP) is 2.58. The number of carbonyl (C=O) groups excluding carboxylic acids is 1. The molecule has 2 fully saturated rings. The number of morpholine rings is 1. The van der Waals surface area contributed by atoms with Crippen LogP contribution in [-0.4, -0.2) is 65.4 Å². The number of hydrogen-bond acceptors (Lipinski definition) is 5. The molecule has 0 aliphatic carbocycles. The smallest absolute Gasteiger partial charge is 0.320 e. The first-order chi connectivity index (χ1) is 13.2. The van der Waals surface area contributed by atoms with Crippen molar-refractivity contribution < 1.29 is 18.4 Å². The standard InChI is InChI=1S/C19H23FN4O3/c20-16-6-2-1-5-15(16)18-21-17(27-22-18)12-14-4-3-7-24(13-14)19(25)23-8-10-26-11-9-23/h1-2,5-6,14H,3-4,7-13H2/t14-/m1/s1. The summed E-state index contributed by atoms with van der Waals surface area (Å²) in [5, 5.41) is 3.91. The molecule has 4 rings (SSSR count). The number of nitrogens with zero attached hydrogens (tertiary/aromatic N) is 4. The molecule has 7 nitrogen and oxygen atoms in total. The molecule has 0 spiro atoms. The van der Waals surface area contributed by atoms with Crippen molar-refractivity contribution in [2.45, 2.75) is 19.3 Å². The highest BCUT2D eigenvalue weighted by Gasteiger charge is 2.29. The quantitative estimate of drug-likeness (QED) is 0.826. The van der Waals surface area contributed by atoms with Crippen molar-refractivity contribution in [3.05, 3.63) is 36.0 Å². The van der Waals surface area contributed by atoms with Crippen molar-refractivity contribution in [3.8, 4) is 11.4 Å². The Morgan fingerprint density at radius 1 is 1.19 bits per heavy atom. The van der Waals surface area contributed by atoms with Crippen LogP contribution in [0, 0.1) is 11.7 Å². The molecule has 2 amide bonds. The van der Waals surface area contributed by atoms with E-state index < -0.39 is 0 Å². The maximum atomic E-state index is 13.9. The Morgan fingerprint density at radius 3 is 2.81 bits per heavy atom. The summed E-state index contributed by atoms with van der Waals surface area (Å²) in [5.41, 5.74) is 0.334. The van der Waals surface area contributed by atoms with E-state index in [1.54, 1.807) is 18.2 Å². The second-order valence-corrected chi connectivity index (χ2v) is 7.03. The fraction of sp³-hybridized carbons (Fsp3) is 0.526. The number of piperidine rings is 1. The fourth-order valence-electron chi connectivity index (χ4n) is 3.70. The van der Waals surface area contributed by atoms with Crippen LogP contribution in [0.4, 0.5) is 9.18 Å². The Labute approximate surface area is 157 Å². The molecule has 2 aromatic rings. The highest BCUT2D eigenvalue weighted by molar-refractivity contribution is 5.74. The van der Waals surface area contributed by atoms with Crippen molar-refractivity contribution in [1.29, 1.82) is 0 Å². The van der Waals surface area contributed by atoms with Gasteiger partial charge >= 0.3 is 6.03 Å². The van der Waals surface area contributed by atoms with Gasteiger partial charge in [0.2, 0.25) is 11.7 Å². The van der Waals surface area contributed by atoms with Crippen molar-refractivity contribution in [2.75, 3.05) is 39.4 Å². The minimum absolute atomic E-state index is 0.0839. The molecule has 0 N–H and O–H groups in total. The number of urea groups is 1. The van der Waals surface area contributed by atoms with Gasteiger partial charge in [0.25, 0.3) is 0 Å². The van der Waals surface area contributed by atoms with Gasteiger partial charge in [-0.1, -0.05) is 17.3 Å². The van der Waals surface area contributed by atoms with Crippen molar-refractivity contribution in [1.82, 2.24) is 19.9 Å². The summed E-state index contributed by atoms with van der Waals surface area (Å²) in [7, 11) is 0. The lowest BCUT2D eigenvalue weighted by molar-refractivity contribution is 0.0389. The number of rotatable bonds is 3. The number of likely N-dealkylation sites (tertiary alicyclic amines) is 1. The van der Waals surface area contributed by atoms with Gasteiger partial charge in [0.05, 0.1) is 18.8 Å². The zero-order chi connectivity index (χ0) is 18.6. The van der Waals surface area contributed by atoms with Gasteiger partial charge in [0, 0.05) is 32.6 Å². The molecule has 144 valence electrons. The fourth-order valence-corrected chi connectivity index (χ4v) is 3.70. The van der Waals surface area contributed by atoms with E-state index in [2.05, 4.69) is 10.1 Å². The van der Waals surface area contributed by atoms with E-state index in [0.29, 0.717) is 50.7 Å². The molecule has 1 aromatic carbocycles. The van der Waals surface area contributed by atoms with Gasteiger partial charge in [-0.25, -0.2) is 9.18 Å². The molecule has 27 heavy (non-hydrogen) atoms. The summed E-state index contributed by atoms with van der Waals surface area (Å²) >= 11 is 0. The molecule has 0 unspecified atom stereocenters. The SMILES string of the molecule is O=C(N1CCOCC1)N1CCC[C@H](Cc2nc(-c3ccccc3F)no2)C1. The molecule has 0 radical (unpaired) electrons. The van der Waals surface area contributed by atoms with E-state index in [9.17, 15) is 9.18 Å². The second-order valence-electron chi connectivity index (χ2n) is 7.03. The summed E-state index contributed by atoms with van der Waals surface area (Å²) < 4.78 is 24.5. The van der Waals surface area contributed by atoms with Crippen molar-refractivity contribution >= 4 is 6.03 Å². The van der Waals surface area contributed by atoms with Gasteiger partial charge in [-0.05, 0) is 30.9 Å². The molecule has 1 atom stereocenters. The highest BCUT2D eigenvalue weighted by Crippen LogP contribution is 2.24. The Kier molecular flexibility index (Phi) is 5.33. The van der Waals surface area contributed by atoms with Gasteiger partial charge < -0.3 is 19.1 Å². The number of amides is 2. The largest absolute Gasteiger partial charge is 0.378 e. The summed E-state index contributed by atoms with van der Waals surface area (Å²) in [4.78, 5) is 20.8. The summed E-state index contributed by atoms with van der Waals surface area (Å²) in [6, 6.07) is 6.46.